The second kappa shape index (κ2) is 5.88. The smallest absolute Gasteiger partial charge is 0.152 e. The van der Waals surface area contributed by atoms with E-state index in [1.165, 1.54) is 0 Å². The van der Waals surface area contributed by atoms with Crippen molar-refractivity contribution in [1.82, 2.24) is 4.90 Å². The number of nitrogens with zero attached hydrogens (tertiary/aromatic N) is 1. The number of rotatable bonds is 5. The van der Waals surface area contributed by atoms with Crippen molar-refractivity contribution < 1.29 is 8.42 Å². The Bertz CT molecular complexity index is 600. The Kier molecular flexibility index (Phi) is 4.57. The number of benzene rings is 1. The van der Waals surface area contributed by atoms with Gasteiger partial charge in [-0.1, -0.05) is 35.9 Å². The summed E-state index contributed by atoms with van der Waals surface area (Å²) in [6.45, 7) is 7.08. The van der Waals surface area contributed by atoms with E-state index >= 15 is 0 Å². The summed E-state index contributed by atoms with van der Waals surface area (Å²) in [5.41, 5.74) is 0.674. The molecule has 1 heterocycles. The van der Waals surface area contributed by atoms with Crippen LogP contribution in [-0.2, 0) is 16.4 Å². The van der Waals surface area contributed by atoms with Crippen LogP contribution in [0.15, 0.2) is 36.9 Å². The van der Waals surface area contributed by atoms with Gasteiger partial charge in [0.25, 0.3) is 0 Å². The number of hydrogen-bond acceptors (Lipinski definition) is 3. The monoisotopic (exact) mass is 313 g/mol. The molecule has 1 fully saturated rings. The standard InChI is InChI=1S/C15H20ClNO2S/c1-3-9-17(11-13-6-4-5-7-14(13)16)15(2)8-10-20(18,19)12-15/h3-7H,1,8-12H2,2H3/t15-/m0/s1. The van der Waals surface area contributed by atoms with Crippen LogP contribution in [0.3, 0.4) is 0 Å². The summed E-state index contributed by atoms with van der Waals surface area (Å²) in [5, 5.41) is 0.714. The van der Waals surface area contributed by atoms with Crippen LogP contribution in [0.4, 0.5) is 0 Å². The maximum Gasteiger partial charge on any atom is 0.152 e. The van der Waals surface area contributed by atoms with E-state index in [9.17, 15) is 8.42 Å². The van der Waals surface area contributed by atoms with E-state index in [1.54, 1.807) is 0 Å². The van der Waals surface area contributed by atoms with Crippen molar-refractivity contribution in [2.24, 2.45) is 0 Å². The SMILES string of the molecule is C=CCN(Cc1ccccc1Cl)[C@@]1(C)CCS(=O)(=O)C1. The molecule has 0 unspecified atom stereocenters. The zero-order chi connectivity index (χ0) is 14.8. The highest BCUT2D eigenvalue weighted by Crippen LogP contribution is 2.31. The molecule has 3 nitrogen and oxygen atoms in total. The van der Waals surface area contributed by atoms with Crippen LogP contribution in [0, 0.1) is 0 Å². The van der Waals surface area contributed by atoms with Crippen LogP contribution in [0.1, 0.15) is 18.9 Å². The normalized spacial score (nSPS) is 24.9. The largest absolute Gasteiger partial charge is 0.289 e. The number of hydrogen-bond donors (Lipinski definition) is 0. The number of sulfone groups is 1. The molecule has 0 saturated carbocycles. The van der Waals surface area contributed by atoms with Gasteiger partial charge in [0.2, 0.25) is 0 Å². The van der Waals surface area contributed by atoms with Crippen LogP contribution in [0.5, 0.6) is 0 Å². The predicted octanol–water partition coefficient (Wildman–Crippen LogP) is 2.91. The molecule has 0 radical (unpaired) electrons. The third kappa shape index (κ3) is 3.43. The molecule has 0 aromatic heterocycles. The topological polar surface area (TPSA) is 37.4 Å². The van der Waals surface area contributed by atoms with E-state index in [2.05, 4.69) is 11.5 Å². The Hall–Kier alpha value is -0.840. The van der Waals surface area contributed by atoms with Crippen LogP contribution < -0.4 is 0 Å². The lowest BCUT2D eigenvalue weighted by Crippen LogP contribution is -2.47. The van der Waals surface area contributed by atoms with E-state index in [0.29, 0.717) is 24.5 Å². The quantitative estimate of drug-likeness (QED) is 0.784. The highest BCUT2D eigenvalue weighted by molar-refractivity contribution is 7.91. The van der Waals surface area contributed by atoms with Gasteiger partial charge in [0.15, 0.2) is 9.84 Å². The number of halogens is 1. The zero-order valence-electron chi connectivity index (χ0n) is 11.7. The van der Waals surface area contributed by atoms with Crippen LogP contribution >= 0.6 is 11.6 Å². The lowest BCUT2D eigenvalue weighted by Gasteiger charge is -2.37. The van der Waals surface area contributed by atoms with Crippen molar-refractivity contribution in [3.8, 4) is 0 Å². The summed E-state index contributed by atoms with van der Waals surface area (Å²) in [6.07, 6.45) is 2.47. The molecule has 110 valence electrons. The molecule has 1 atom stereocenters. The minimum atomic E-state index is -2.93. The van der Waals surface area contributed by atoms with Gasteiger partial charge < -0.3 is 0 Å². The first-order valence-electron chi connectivity index (χ1n) is 6.66. The fraction of sp³-hybridized carbons (Fsp3) is 0.467. The highest BCUT2D eigenvalue weighted by atomic mass is 35.5. The first-order valence-corrected chi connectivity index (χ1v) is 8.86. The summed E-state index contributed by atoms with van der Waals surface area (Å²) in [7, 11) is -2.93. The molecular weight excluding hydrogens is 294 g/mol. The molecule has 5 heteroatoms. The van der Waals surface area contributed by atoms with Crippen molar-refractivity contribution in [3.63, 3.8) is 0 Å². The first kappa shape index (κ1) is 15.5. The Labute approximate surface area is 126 Å². The molecule has 0 spiro atoms. The van der Waals surface area contributed by atoms with Gasteiger partial charge in [-0.3, -0.25) is 4.90 Å². The summed E-state index contributed by atoms with van der Waals surface area (Å²) >= 11 is 6.21. The van der Waals surface area contributed by atoms with Gasteiger partial charge in [-0.25, -0.2) is 8.42 Å². The second-order valence-corrected chi connectivity index (χ2v) is 8.19. The van der Waals surface area contributed by atoms with Crippen molar-refractivity contribution in [3.05, 3.63) is 47.5 Å². The zero-order valence-corrected chi connectivity index (χ0v) is 13.3. The van der Waals surface area contributed by atoms with E-state index in [-0.39, 0.29) is 17.0 Å². The summed E-state index contributed by atoms with van der Waals surface area (Å²) in [5.74, 6) is 0.470. The molecule has 1 aliphatic heterocycles. The Morgan fingerprint density at radius 1 is 1.45 bits per heavy atom. The fourth-order valence-electron chi connectivity index (χ4n) is 2.71. The third-order valence-electron chi connectivity index (χ3n) is 3.91. The molecule has 20 heavy (non-hydrogen) atoms. The van der Waals surface area contributed by atoms with Gasteiger partial charge in [0, 0.05) is 23.7 Å². The van der Waals surface area contributed by atoms with Crippen molar-refractivity contribution >= 4 is 21.4 Å². The summed E-state index contributed by atoms with van der Waals surface area (Å²) < 4.78 is 23.6. The minimum absolute atomic E-state index is 0.207. The van der Waals surface area contributed by atoms with E-state index in [4.69, 9.17) is 11.6 Å². The molecule has 1 aromatic carbocycles. The van der Waals surface area contributed by atoms with E-state index in [1.807, 2.05) is 37.3 Å². The lowest BCUT2D eigenvalue weighted by molar-refractivity contribution is 0.133. The van der Waals surface area contributed by atoms with Gasteiger partial charge in [-0.15, -0.1) is 6.58 Å². The average Bonchev–Trinajstić information content (AvgIpc) is 2.67. The van der Waals surface area contributed by atoms with Gasteiger partial charge in [0.05, 0.1) is 11.5 Å². The minimum Gasteiger partial charge on any atom is -0.289 e. The molecule has 2 rings (SSSR count). The molecular formula is C15H20ClNO2S. The summed E-state index contributed by atoms with van der Waals surface area (Å²) in [6, 6.07) is 7.67. The first-order chi connectivity index (χ1) is 9.36. The molecule has 0 N–H and O–H groups in total. The van der Waals surface area contributed by atoms with Crippen LogP contribution in [0.25, 0.3) is 0 Å². The molecule has 0 aliphatic carbocycles. The summed E-state index contributed by atoms with van der Waals surface area (Å²) in [4.78, 5) is 2.16. The van der Waals surface area contributed by atoms with Gasteiger partial charge in [0.1, 0.15) is 0 Å². The Morgan fingerprint density at radius 2 is 2.15 bits per heavy atom. The predicted molar refractivity (Wildman–Crippen MR) is 83.7 cm³/mol. The maximum atomic E-state index is 11.8. The van der Waals surface area contributed by atoms with Crippen molar-refractivity contribution in [2.75, 3.05) is 18.1 Å². The Morgan fingerprint density at radius 3 is 2.70 bits per heavy atom. The molecule has 0 amide bonds. The van der Waals surface area contributed by atoms with Crippen molar-refractivity contribution in [2.45, 2.75) is 25.4 Å². The molecule has 1 saturated heterocycles. The van der Waals surface area contributed by atoms with Gasteiger partial charge >= 0.3 is 0 Å². The van der Waals surface area contributed by atoms with Crippen LogP contribution in [0.2, 0.25) is 5.02 Å². The molecule has 1 aliphatic rings. The fourth-order valence-corrected chi connectivity index (χ4v) is 5.07. The van der Waals surface area contributed by atoms with Gasteiger partial charge in [-0.2, -0.15) is 0 Å². The van der Waals surface area contributed by atoms with Crippen LogP contribution in [-0.4, -0.2) is 36.9 Å². The third-order valence-corrected chi connectivity index (χ3v) is 6.17. The molecule has 0 bridgehead atoms. The Balaban J connectivity index is 2.24. The van der Waals surface area contributed by atoms with Crippen molar-refractivity contribution in [1.29, 1.82) is 0 Å². The van der Waals surface area contributed by atoms with Gasteiger partial charge in [-0.05, 0) is 25.0 Å². The van der Waals surface area contributed by atoms with E-state index in [0.717, 1.165) is 5.56 Å². The average molecular weight is 314 g/mol. The highest BCUT2D eigenvalue weighted by Gasteiger charge is 2.42. The molecule has 1 aromatic rings. The second-order valence-electron chi connectivity index (χ2n) is 5.60. The van der Waals surface area contributed by atoms with E-state index < -0.39 is 9.84 Å². The maximum absolute atomic E-state index is 11.8. The lowest BCUT2D eigenvalue weighted by atomic mass is 9.98.